The highest BCUT2D eigenvalue weighted by atomic mass is 127. The van der Waals surface area contributed by atoms with E-state index in [4.69, 9.17) is 0 Å². The minimum Gasteiger partial charge on any atom is -0.344 e. The van der Waals surface area contributed by atoms with Crippen molar-refractivity contribution in [2.75, 3.05) is 0 Å². The van der Waals surface area contributed by atoms with E-state index in [-0.39, 0.29) is 24.0 Å². The number of rotatable bonds is 0. The van der Waals surface area contributed by atoms with Gasteiger partial charge in [-0.05, 0) is 26.0 Å². The Balaban J connectivity index is 0.000000323. The highest BCUT2D eigenvalue weighted by molar-refractivity contribution is 14.0. The standard InChI is InChI=1S/C12H10N2.C4H8.HI/c1-14-11-5-3-2-4-9(11)10-8-13-7-6-12(10)14;1-3-4-2;/h2-8H,1H3;3-4H,1-2H3;1H/b;4-3-;. The van der Waals surface area contributed by atoms with Crippen LogP contribution in [0.4, 0.5) is 0 Å². The van der Waals surface area contributed by atoms with Gasteiger partial charge in [-0.3, -0.25) is 4.98 Å². The number of nitrogens with zero attached hydrogens (tertiary/aromatic N) is 2. The largest absolute Gasteiger partial charge is 0.344 e. The van der Waals surface area contributed by atoms with Crippen molar-refractivity contribution >= 4 is 45.8 Å². The Labute approximate surface area is 131 Å². The molecular formula is C16H19IN2. The molecule has 0 aliphatic heterocycles. The van der Waals surface area contributed by atoms with Crippen LogP contribution >= 0.6 is 24.0 Å². The van der Waals surface area contributed by atoms with Crippen LogP contribution in [0.1, 0.15) is 13.8 Å². The smallest absolute Gasteiger partial charge is 0.0519 e. The van der Waals surface area contributed by atoms with Crippen LogP contribution in [0.3, 0.4) is 0 Å². The summed E-state index contributed by atoms with van der Waals surface area (Å²) in [5.74, 6) is 0. The molecule has 0 saturated heterocycles. The molecule has 0 amide bonds. The van der Waals surface area contributed by atoms with Crippen molar-refractivity contribution in [2.24, 2.45) is 7.05 Å². The van der Waals surface area contributed by atoms with Gasteiger partial charge >= 0.3 is 0 Å². The van der Waals surface area contributed by atoms with E-state index in [1.807, 2.05) is 38.4 Å². The number of hydrogen-bond acceptors (Lipinski definition) is 1. The first-order valence-electron chi connectivity index (χ1n) is 6.14. The second kappa shape index (κ2) is 7.28. The summed E-state index contributed by atoms with van der Waals surface area (Å²) < 4.78 is 2.20. The quantitative estimate of drug-likeness (QED) is 0.408. The van der Waals surface area contributed by atoms with Crippen LogP contribution in [0.15, 0.2) is 54.9 Å². The first-order valence-corrected chi connectivity index (χ1v) is 6.14. The maximum atomic E-state index is 4.16. The molecular weight excluding hydrogens is 347 g/mol. The fourth-order valence-electron chi connectivity index (χ4n) is 2.01. The van der Waals surface area contributed by atoms with Gasteiger partial charge in [0.25, 0.3) is 0 Å². The molecule has 0 aliphatic carbocycles. The Bertz CT molecular complexity index is 626. The molecule has 0 bridgehead atoms. The predicted octanol–water partition coefficient (Wildman–Crippen LogP) is 4.93. The van der Waals surface area contributed by atoms with Gasteiger partial charge in [0.1, 0.15) is 0 Å². The maximum absolute atomic E-state index is 4.16. The lowest BCUT2D eigenvalue weighted by atomic mass is 10.2. The monoisotopic (exact) mass is 366 g/mol. The van der Waals surface area contributed by atoms with Crippen LogP contribution < -0.4 is 0 Å². The van der Waals surface area contributed by atoms with Crippen molar-refractivity contribution in [2.45, 2.75) is 13.8 Å². The van der Waals surface area contributed by atoms with Crippen molar-refractivity contribution in [3.05, 3.63) is 54.9 Å². The van der Waals surface area contributed by atoms with Crippen molar-refractivity contribution in [1.29, 1.82) is 0 Å². The average Bonchev–Trinajstić information content (AvgIpc) is 2.74. The maximum Gasteiger partial charge on any atom is 0.0519 e. The topological polar surface area (TPSA) is 17.8 Å². The number of halogens is 1. The zero-order valence-corrected chi connectivity index (χ0v) is 13.8. The second-order valence-corrected chi connectivity index (χ2v) is 4.14. The molecule has 3 rings (SSSR count). The van der Waals surface area contributed by atoms with E-state index in [2.05, 4.69) is 46.9 Å². The molecule has 2 aromatic heterocycles. The lowest BCUT2D eigenvalue weighted by Gasteiger charge is -1.95. The Morgan fingerprint density at radius 1 is 0.947 bits per heavy atom. The normalized spacial score (nSPS) is 10.3. The van der Waals surface area contributed by atoms with Crippen molar-refractivity contribution in [1.82, 2.24) is 9.55 Å². The molecule has 0 atom stereocenters. The number of allylic oxidation sites excluding steroid dienone is 2. The van der Waals surface area contributed by atoms with Gasteiger partial charge in [-0.25, -0.2) is 0 Å². The Morgan fingerprint density at radius 2 is 1.58 bits per heavy atom. The molecule has 0 aliphatic rings. The molecule has 0 spiro atoms. The Morgan fingerprint density at radius 3 is 2.26 bits per heavy atom. The van der Waals surface area contributed by atoms with Crippen molar-refractivity contribution in [3.8, 4) is 0 Å². The van der Waals surface area contributed by atoms with E-state index in [1.165, 1.54) is 21.8 Å². The molecule has 3 aromatic rings. The third kappa shape index (κ3) is 3.15. The molecule has 2 nitrogen and oxygen atoms in total. The van der Waals surface area contributed by atoms with E-state index in [9.17, 15) is 0 Å². The fraction of sp³-hybridized carbons (Fsp3) is 0.188. The summed E-state index contributed by atoms with van der Waals surface area (Å²) in [6, 6.07) is 10.5. The summed E-state index contributed by atoms with van der Waals surface area (Å²) in [4.78, 5) is 4.16. The SMILES string of the molecule is C/C=C\C.Cn1c2ccccc2c2cnccc21.I. The Kier molecular flexibility index (Phi) is 6.02. The van der Waals surface area contributed by atoms with Gasteiger partial charge in [0.2, 0.25) is 0 Å². The van der Waals surface area contributed by atoms with Gasteiger partial charge in [-0.2, -0.15) is 0 Å². The molecule has 0 saturated carbocycles. The summed E-state index contributed by atoms with van der Waals surface area (Å²) in [6.07, 6.45) is 7.76. The van der Waals surface area contributed by atoms with Gasteiger partial charge < -0.3 is 4.57 Å². The van der Waals surface area contributed by atoms with Crippen molar-refractivity contribution in [3.63, 3.8) is 0 Å². The summed E-state index contributed by atoms with van der Waals surface area (Å²) in [6.45, 7) is 4.00. The minimum absolute atomic E-state index is 0. The van der Waals surface area contributed by atoms with Crippen LogP contribution in [-0.2, 0) is 7.05 Å². The minimum atomic E-state index is 0. The highest BCUT2D eigenvalue weighted by Gasteiger charge is 2.05. The molecule has 0 unspecified atom stereocenters. The second-order valence-electron chi connectivity index (χ2n) is 4.14. The number of para-hydroxylation sites is 1. The van der Waals surface area contributed by atoms with E-state index < -0.39 is 0 Å². The van der Waals surface area contributed by atoms with Crippen LogP contribution in [0.2, 0.25) is 0 Å². The van der Waals surface area contributed by atoms with E-state index >= 15 is 0 Å². The zero-order valence-electron chi connectivity index (χ0n) is 11.5. The number of benzene rings is 1. The van der Waals surface area contributed by atoms with Gasteiger partial charge in [-0.1, -0.05) is 30.4 Å². The number of aromatic nitrogens is 2. The average molecular weight is 366 g/mol. The van der Waals surface area contributed by atoms with Crippen LogP contribution in [0.5, 0.6) is 0 Å². The molecule has 0 radical (unpaired) electrons. The number of hydrogen-bond donors (Lipinski definition) is 0. The van der Waals surface area contributed by atoms with Crippen LogP contribution in [0, 0.1) is 0 Å². The summed E-state index contributed by atoms with van der Waals surface area (Å²) in [5, 5.41) is 2.50. The lowest BCUT2D eigenvalue weighted by molar-refractivity contribution is 1.01. The summed E-state index contributed by atoms with van der Waals surface area (Å²) in [7, 11) is 2.09. The summed E-state index contributed by atoms with van der Waals surface area (Å²) >= 11 is 0. The van der Waals surface area contributed by atoms with E-state index in [1.54, 1.807) is 0 Å². The zero-order chi connectivity index (χ0) is 13.0. The van der Waals surface area contributed by atoms with Crippen LogP contribution in [-0.4, -0.2) is 9.55 Å². The lowest BCUT2D eigenvalue weighted by Crippen LogP contribution is -1.85. The summed E-state index contributed by atoms with van der Waals surface area (Å²) in [5.41, 5.74) is 2.50. The van der Waals surface area contributed by atoms with Gasteiger partial charge in [0.15, 0.2) is 0 Å². The number of pyridine rings is 1. The molecule has 100 valence electrons. The van der Waals surface area contributed by atoms with E-state index in [0.29, 0.717) is 0 Å². The third-order valence-corrected chi connectivity index (χ3v) is 3.05. The predicted molar refractivity (Wildman–Crippen MR) is 94.1 cm³/mol. The molecule has 3 heteroatoms. The fourth-order valence-corrected chi connectivity index (χ4v) is 2.01. The molecule has 1 aromatic carbocycles. The molecule has 0 N–H and O–H groups in total. The van der Waals surface area contributed by atoms with Gasteiger partial charge in [0.05, 0.1) is 5.52 Å². The molecule has 19 heavy (non-hydrogen) atoms. The first-order chi connectivity index (χ1) is 8.79. The Hall–Kier alpha value is -1.36. The highest BCUT2D eigenvalue weighted by Crippen LogP contribution is 2.26. The van der Waals surface area contributed by atoms with Gasteiger partial charge in [-0.15, -0.1) is 24.0 Å². The van der Waals surface area contributed by atoms with Crippen molar-refractivity contribution < 1.29 is 0 Å². The molecule has 0 fully saturated rings. The number of fused-ring (bicyclic) bond motifs is 3. The first kappa shape index (κ1) is 15.7. The van der Waals surface area contributed by atoms with Crippen LogP contribution in [0.25, 0.3) is 21.8 Å². The number of aryl methyl sites for hydroxylation is 1. The molecule has 2 heterocycles. The third-order valence-electron chi connectivity index (χ3n) is 3.05. The van der Waals surface area contributed by atoms with E-state index in [0.717, 1.165) is 0 Å². The van der Waals surface area contributed by atoms with Gasteiger partial charge in [0, 0.05) is 35.7 Å².